The third-order valence-corrected chi connectivity index (χ3v) is 7.28. The van der Waals surface area contributed by atoms with E-state index in [2.05, 4.69) is 21.2 Å². The van der Waals surface area contributed by atoms with Crippen molar-refractivity contribution in [3.05, 3.63) is 58.6 Å². The van der Waals surface area contributed by atoms with Gasteiger partial charge in [-0.05, 0) is 55.2 Å². The van der Waals surface area contributed by atoms with E-state index in [4.69, 9.17) is 0 Å². The number of para-hydroxylation sites is 1. The highest BCUT2D eigenvalue weighted by atomic mass is 79.9. The Kier molecular flexibility index (Phi) is 6.34. The number of carbonyl (C=O) groups excluding carboxylic acids is 1. The largest absolute Gasteiger partial charge is 0.324 e. The number of carbonyl (C=O) groups is 1. The number of nitrogens with zero attached hydrogens (tertiary/aromatic N) is 1. The molecule has 0 aromatic heterocycles. The van der Waals surface area contributed by atoms with Gasteiger partial charge in [0.25, 0.3) is 0 Å². The summed E-state index contributed by atoms with van der Waals surface area (Å²) in [5, 5.41) is 2.94. The average molecular weight is 451 g/mol. The third kappa shape index (κ3) is 4.42. The van der Waals surface area contributed by atoms with E-state index >= 15 is 0 Å². The molecule has 1 N–H and O–H groups in total. The molecule has 3 rings (SSSR count). The van der Waals surface area contributed by atoms with E-state index in [1.165, 1.54) is 4.31 Å². The van der Waals surface area contributed by atoms with Crippen LogP contribution >= 0.6 is 15.9 Å². The normalized spacial score (nSPS) is 18.2. The second-order valence-corrected chi connectivity index (χ2v) is 9.39. The predicted octanol–water partition coefficient (Wildman–Crippen LogP) is 4.19. The van der Waals surface area contributed by atoms with Gasteiger partial charge in [-0.25, -0.2) is 8.42 Å². The zero-order valence-electron chi connectivity index (χ0n) is 15.2. The molecule has 1 amide bonds. The van der Waals surface area contributed by atoms with Gasteiger partial charge in [-0.2, -0.15) is 4.31 Å². The number of rotatable bonds is 5. The summed E-state index contributed by atoms with van der Waals surface area (Å²) in [7, 11) is -3.73. The van der Waals surface area contributed by atoms with Crippen molar-refractivity contribution in [2.24, 2.45) is 0 Å². The number of hydrogen-bond acceptors (Lipinski definition) is 3. The molecule has 1 atom stereocenters. The monoisotopic (exact) mass is 450 g/mol. The van der Waals surface area contributed by atoms with Crippen molar-refractivity contribution >= 4 is 37.5 Å². The molecule has 1 aliphatic heterocycles. The summed E-state index contributed by atoms with van der Waals surface area (Å²) in [6, 6.07) is 13.4. The molecule has 0 bridgehead atoms. The lowest BCUT2D eigenvalue weighted by atomic mass is 10.0. The maximum absolute atomic E-state index is 13.1. The first-order chi connectivity index (χ1) is 12.9. The molecule has 1 fully saturated rings. The van der Waals surface area contributed by atoms with Gasteiger partial charge >= 0.3 is 0 Å². The van der Waals surface area contributed by atoms with Crippen LogP contribution in [0.25, 0.3) is 0 Å². The summed E-state index contributed by atoms with van der Waals surface area (Å²) in [5.74, 6) is -0.267. The Morgan fingerprint density at radius 1 is 1.15 bits per heavy atom. The SMILES string of the molecule is CCc1ccccc1NC(=O)[C@H]1CCCCN1S(=O)(=O)c1ccc(Br)cc1. The Balaban J connectivity index is 1.86. The lowest BCUT2D eigenvalue weighted by Gasteiger charge is -2.33. The van der Waals surface area contributed by atoms with Gasteiger partial charge in [0.05, 0.1) is 4.90 Å². The van der Waals surface area contributed by atoms with Gasteiger partial charge in [-0.1, -0.05) is 47.5 Å². The first kappa shape index (κ1) is 20.0. The van der Waals surface area contributed by atoms with Crippen LogP contribution in [-0.2, 0) is 21.2 Å². The van der Waals surface area contributed by atoms with Crippen LogP contribution < -0.4 is 5.32 Å². The highest BCUT2D eigenvalue weighted by Gasteiger charge is 2.37. The van der Waals surface area contributed by atoms with E-state index in [0.717, 1.165) is 35.0 Å². The quantitative estimate of drug-likeness (QED) is 0.742. The van der Waals surface area contributed by atoms with Gasteiger partial charge in [0.15, 0.2) is 0 Å². The molecular weight excluding hydrogens is 428 g/mol. The lowest BCUT2D eigenvalue weighted by Crippen LogP contribution is -2.49. The number of amides is 1. The summed E-state index contributed by atoms with van der Waals surface area (Å²) >= 11 is 3.32. The van der Waals surface area contributed by atoms with Crippen molar-refractivity contribution in [3.63, 3.8) is 0 Å². The van der Waals surface area contributed by atoms with Crippen molar-refractivity contribution in [1.82, 2.24) is 4.31 Å². The number of halogens is 1. The van der Waals surface area contributed by atoms with Crippen molar-refractivity contribution in [3.8, 4) is 0 Å². The minimum atomic E-state index is -3.73. The van der Waals surface area contributed by atoms with Crippen LogP contribution in [0.2, 0.25) is 0 Å². The molecule has 5 nitrogen and oxygen atoms in total. The second kappa shape index (κ2) is 8.54. The smallest absolute Gasteiger partial charge is 0.243 e. The Labute approximate surface area is 169 Å². The van der Waals surface area contributed by atoms with Gasteiger partial charge in [0.1, 0.15) is 6.04 Å². The molecular formula is C20H23BrN2O3S. The van der Waals surface area contributed by atoms with Gasteiger partial charge in [-0.15, -0.1) is 0 Å². The molecule has 144 valence electrons. The zero-order chi connectivity index (χ0) is 19.4. The molecule has 0 radical (unpaired) electrons. The Bertz CT molecular complexity index is 913. The fourth-order valence-electron chi connectivity index (χ4n) is 3.36. The van der Waals surface area contributed by atoms with E-state index in [9.17, 15) is 13.2 Å². The van der Waals surface area contributed by atoms with Crippen LogP contribution in [0, 0.1) is 0 Å². The average Bonchev–Trinajstić information content (AvgIpc) is 2.68. The van der Waals surface area contributed by atoms with Crippen LogP contribution in [0.5, 0.6) is 0 Å². The number of benzene rings is 2. The van der Waals surface area contributed by atoms with Gasteiger partial charge in [0.2, 0.25) is 15.9 Å². The van der Waals surface area contributed by atoms with E-state index in [0.29, 0.717) is 13.0 Å². The van der Waals surface area contributed by atoms with Crippen molar-refractivity contribution in [2.45, 2.75) is 43.5 Å². The molecule has 7 heteroatoms. The lowest BCUT2D eigenvalue weighted by molar-refractivity contribution is -0.120. The molecule has 0 spiro atoms. The van der Waals surface area contributed by atoms with Crippen molar-refractivity contribution < 1.29 is 13.2 Å². The topological polar surface area (TPSA) is 66.5 Å². The maximum Gasteiger partial charge on any atom is 0.243 e. The maximum atomic E-state index is 13.1. The first-order valence-corrected chi connectivity index (χ1v) is 11.3. The third-order valence-electron chi connectivity index (χ3n) is 4.83. The number of piperidine rings is 1. The van der Waals surface area contributed by atoms with Crippen LogP contribution in [0.1, 0.15) is 31.7 Å². The molecule has 27 heavy (non-hydrogen) atoms. The predicted molar refractivity (Wildman–Crippen MR) is 110 cm³/mol. The van der Waals surface area contributed by atoms with E-state index < -0.39 is 16.1 Å². The molecule has 0 saturated carbocycles. The summed E-state index contributed by atoms with van der Waals surface area (Å²) in [4.78, 5) is 13.2. The zero-order valence-corrected chi connectivity index (χ0v) is 17.6. The molecule has 0 aliphatic carbocycles. The minimum absolute atomic E-state index is 0.208. The number of anilines is 1. The summed E-state index contributed by atoms with van der Waals surface area (Å²) in [6.45, 7) is 2.38. The Morgan fingerprint density at radius 3 is 2.56 bits per heavy atom. The van der Waals surface area contributed by atoms with E-state index in [1.54, 1.807) is 24.3 Å². The molecule has 1 heterocycles. The number of nitrogens with one attached hydrogen (secondary N) is 1. The first-order valence-electron chi connectivity index (χ1n) is 9.09. The van der Waals surface area contributed by atoms with Crippen molar-refractivity contribution in [1.29, 1.82) is 0 Å². The van der Waals surface area contributed by atoms with Crippen LogP contribution in [-0.4, -0.2) is 31.2 Å². The van der Waals surface area contributed by atoms with E-state index in [1.807, 2.05) is 31.2 Å². The van der Waals surface area contributed by atoms with Crippen LogP contribution in [0.3, 0.4) is 0 Å². The van der Waals surface area contributed by atoms with E-state index in [-0.39, 0.29) is 10.8 Å². The van der Waals surface area contributed by atoms with Gasteiger partial charge < -0.3 is 5.32 Å². The molecule has 2 aromatic carbocycles. The number of aryl methyl sites for hydroxylation is 1. The van der Waals surface area contributed by atoms with Crippen molar-refractivity contribution in [2.75, 3.05) is 11.9 Å². The molecule has 0 unspecified atom stereocenters. The summed E-state index contributed by atoms with van der Waals surface area (Å²) < 4.78 is 28.4. The second-order valence-electron chi connectivity index (χ2n) is 6.58. The van der Waals surface area contributed by atoms with Crippen LogP contribution in [0.15, 0.2) is 57.9 Å². The fourth-order valence-corrected chi connectivity index (χ4v) is 5.28. The van der Waals surface area contributed by atoms with Gasteiger partial charge in [0, 0.05) is 16.7 Å². The fraction of sp³-hybridized carbons (Fsp3) is 0.350. The summed E-state index contributed by atoms with van der Waals surface area (Å²) in [6.07, 6.45) is 2.91. The molecule has 2 aromatic rings. The highest BCUT2D eigenvalue weighted by molar-refractivity contribution is 9.10. The van der Waals surface area contributed by atoms with Crippen LogP contribution in [0.4, 0.5) is 5.69 Å². The summed E-state index contributed by atoms with van der Waals surface area (Å²) in [5.41, 5.74) is 1.78. The number of sulfonamides is 1. The number of hydrogen-bond donors (Lipinski definition) is 1. The Morgan fingerprint density at radius 2 is 1.85 bits per heavy atom. The minimum Gasteiger partial charge on any atom is -0.324 e. The highest BCUT2D eigenvalue weighted by Crippen LogP contribution is 2.27. The molecule has 1 saturated heterocycles. The Hall–Kier alpha value is -1.70. The molecule has 1 aliphatic rings. The standard InChI is InChI=1S/C20H23BrN2O3S/c1-2-15-7-3-4-8-18(15)22-20(24)19-9-5-6-14-23(19)27(25,26)17-12-10-16(21)11-13-17/h3-4,7-8,10-13,19H,2,5-6,9,14H2,1H3,(H,22,24)/t19-/m1/s1. The van der Waals surface area contributed by atoms with Gasteiger partial charge in [-0.3, -0.25) is 4.79 Å².